The molecule has 0 bridgehead atoms. The molecule has 5 heteroatoms. The first-order chi connectivity index (χ1) is 10.1. The van der Waals surface area contributed by atoms with Gasteiger partial charge in [-0.15, -0.1) is 0 Å². The van der Waals surface area contributed by atoms with Crippen molar-refractivity contribution in [3.8, 4) is 0 Å². The molecule has 0 saturated carbocycles. The second-order valence-corrected chi connectivity index (χ2v) is 7.20. The van der Waals surface area contributed by atoms with Gasteiger partial charge in [-0.3, -0.25) is 4.99 Å². The van der Waals surface area contributed by atoms with Gasteiger partial charge in [0, 0.05) is 22.7 Å². The molecule has 1 fully saturated rings. The van der Waals surface area contributed by atoms with Crippen molar-refractivity contribution in [1.29, 1.82) is 0 Å². The fraction of sp³-hybridized carbons (Fsp3) is 0.312. The molecule has 0 aliphatic carbocycles. The maximum atomic E-state index is 5.90. The third-order valence-corrected chi connectivity index (χ3v) is 5.34. The van der Waals surface area contributed by atoms with E-state index in [1.54, 1.807) is 6.21 Å². The first-order valence-corrected chi connectivity index (χ1v) is 8.85. The van der Waals surface area contributed by atoms with Crippen LogP contribution in [0.1, 0.15) is 24.2 Å². The molecule has 1 aliphatic heterocycles. The zero-order valence-electron chi connectivity index (χ0n) is 11.8. The number of halogens is 2. The number of rotatable bonds is 3. The number of hydrogen-bond donors (Lipinski definition) is 0. The molecule has 1 aliphatic rings. The van der Waals surface area contributed by atoms with Crippen molar-refractivity contribution in [2.75, 3.05) is 18.0 Å². The van der Waals surface area contributed by atoms with Crippen LogP contribution < -0.4 is 4.90 Å². The standard InChI is InChI=1S/C16H16BrIN2O/c1-11-8-12(4-5-15(11)18)19-10-13-9-14(17)16(21-13)20-6-2-3-7-20/h4-5,8-10H,2-3,6-7H2,1H3. The van der Waals surface area contributed by atoms with Crippen LogP contribution >= 0.6 is 38.5 Å². The summed E-state index contributed by atoms with van der Waals surface area (Å²) in [7, 11) is 0. The number of hydrogen-bond acceptors (Lipinski definition) is 3. The van der Waals surface area contributed by atoms with Gasteiger partial charge in [0.2, 0.25) is 5.88 Å². The lowest BCUT2D eigenvalue weighted by molar-refractivity contribution is 0.549. The molecule has 21 heavy (non-hydrogen) atoms. The number of benzene rings is 1. The Labute approximate surface area is 146 Å². The van der Waals surface area contributed by atoms with Crippen molar-refractivity contribution < 1.29 is 4.42 Å². The Kier molecular flexibility index (Phi) is 4.69. The zero-order valence-corrected chi connectivity index (χ0v) is 15.5. The predicted molar refractivity (Wildman–Crippen MR) is 99.0 cm³/mol. The van der Waals surface area contributed by atoms with Crippen molar-refractivity contribution in [2.45, 2.75) is 19.8 Å². The second kappa shape index (κ2) is 6.52. The van der Waals surface area contributed by atoms with Crippen LogP contribution in [0.15, 0.2) is 38.1 Å². The van der Waals surface area contributed by atoms with E-state index in [4.69, 9.17) is 4.42 Å². The first kappa shape index (κ1) is 15.1. The van der Waals surface area contributed by atoms with E-state index >= 15 is 0 Å². The lowest BCUT2D eigenvalue weighted by Crippen LogP contribution is -2.17. The van der Waals surface area contributed by atoms with Crippen LogP contribution in [0.25, 0.3) is 0 Å². The number of aryl methyl sites for hydroxylation is 1. The summed E-state index contributed by atoms with van der Waals surface area (Å²) in [4.78, 5) is 6.77. The van der Waals surface area contributed by atoms with Crippen LogP contribution in [0.4, 0.5) is 11.6 Å². The van der Waals surface area contributed by atoms with Crippen molar-refractivity contribution in [2.24, 2.45) is 4.99 Å². The minimum atomic E-state index is 0.778. The number of nitrogens with zero attached hydrogens (tertiary/aromatic N) is 2. The van der Waals surface area contributed by atoms with E-state index < -0.39 is 0 Å². The number of aliphatic imine (C=N–C) groups is 1. The molecule has 0 amide bonds. The van der Waals surface area contributed by atoms with Gasteiger partial charge in [0.1, 0.15) is 5.76 Å². The topological polar surface area (TPSA) is 28.7 Å². The Morgan fingerprint density at radius 3 is 2.76 bits per heavy atom. The minimum absolute atomic E-state index is 0.778. The summed E-state index contributed by atoms with van der Waals surface area (Å²) in [5, 5.41) is 0. The van der Waals surface area contributed by atoms with Crippen molar-refractivity contribution in [1.82, 2.24) is 0 Å². The summed E-state index contributed by atoms with van der Waals surface area (Å²) in [5.41, 5.74) is 2.19. The van der Waals surface area contributed by atoms with Gasteiger partial charge >= 0.3 is 0 Å². The summed E-state index contributed by atoms with van der Waals surface area (Å²) in [5.74, 6) is 1.70. The molecule has 1 aromatic heterocycles. The highest BCUT2D eigenvalue weighted by Crippen LogP contribution is 2.32. The quantitative estimate of drug-likeness (QED) is 0.460. The molecule has 3 nitrogen and oxygen atoms in total. The summed E-state index contributed by atoms with van der Waals surface area (Å²) in [6.45, 7) is 4.23. The number of furan rings is 1. The maximum absolute atomic E-state index is 5.90. The third-order valence-electron chi connectivity index (χ3n) is 3.56. The van der Waals surface area contributed by atoms with Gasteiger partial charge in [-0.05, 0) is 82.0 Å². The molecule has 0 N–H and O–H groups in total. The van der Waals surface area contributed by atoms with Gasteiger partial charge in [-0.2, -0.15) is 0 Å². The average molecular weight is 459 g/mol. The minimum Gasteiger partial charge on any atom is -0.438 e. The Morgan fingerprint density at radius 1 is 1.29 bits per heavy atom. The highest BCUT2D eigenvalue weighted by molar-refractivity contribution is 14.1. The Hall–Kier alpha value is -0.820. The lowest BCUT2D eigenvalue weighted by atomic mass is 10.2. The average Bonchev–Trinajstić information content (AvgIpc) is 3.09. The SMILES string of the molecule is Cc1cc(N=Cc2cc(Br)c(N3CCCC3)o2)ccc1I. The molecule has 0 unspecified atom stereocenters. The van der Waals surface area contributed by atoms with E-state index in [0.717, 1.165) is 34.9 Å². The van der Waals surface area contributed by atoms with Crippen LogP contribution in [-0.4, -0.2) is 19.3 Å². The molecule has 0 atom stereocenters. The van der Waals surface area contributed by atoms with Gasteiger partial charge in [0.05, 0.1) is 16.4 Å². The zero-order chi connectivity index (χ0) is 14.8. The first-order valence-electron chi connectivity index (χ1n) is 6.98. The summed E-state index contributed by atoms with van der Waals surface area (Å²) in [6.07, 6.45) is 4.25. The second-order valence-electron chi connectivity index (χ2n) is 5.19. The molecular weight excluding hydrogens is 443 g/mol. The van der Waals surface area contributed by atoms with E-state index in [0.29, 0.717) is 0 Å². The third kappa shape index (κ3) is 3.51. The van der Waals surface area contributed by atoms with Gasteiger partial charge in [0.15, 0.2) is 0 Å². The van der Waals surface area contributed by atoms with E-state index in [9.17, 15) is 0 Å². The van der Waals surface area contributed by atoms with Crippen LogP contribution in [-0.2, 0) is 0 Å². The van der Waals surface area contributed by atoms with Crippen LogP contribution in [0, 0.1) is 10.5 Å². The molecule has 3 rings (SSSR count). The molecule has 2 aromatic rings. The Morgan fingerprint density at radius 2 is 2.05 bits per heavy atom. The van der Waals surface area contributed by atoms with Gasteiger partial charge in [-0.25, -0.2) is 0 Å². The van der Waals surface area contributed by atoms with E-state index in [1.165, 1.54) is 22.0 Å². The fourth-order valence-electron chi connectivity index (χ4n) is 2.42. The highest BCUT2D eigenvalue weighted by atomic mass is 127. The van der Waals surface area contributed by atoms with Crippen LogP contribution in [0.3, 0.4) is 0 Å². The summed E-state index contributed by atoms with van der Waals surface area (Å²) < 4.78 is 8.16. The van der Waals surface area contributed by atoms with Gasteiger partial charge in [0.25, 0.3) is 0 Å². The molecular formula is C16H16BrIN2O. The maximum Gasteiger partial charge on any atom is 0.210 e. The van der Waals surface area contributed by atoms with Gasteiger partial charge in [-0.1, -0.05) is 0 Å². The van der Waals surface area contributed by atoms with E-state index in [2.05, 4.69) is 67.5 Å². The normalized spacial score (nSPS) is 15.3. The van der Waals surface area contributed by atoms with E-state index in [1.807, 2.05) is 12.1 Å². The Balaban J connectivity index is 1.79. The van der Waals surface area contributed by atoms with Crippen molar-refractivity contribution >= 4 is 56.3 Å². The largest absolute Gasteiger partial charge is 0.438 e. The molecule has 0 spiro atoms. The van der Waals surface area contributed by atoms with Crippen LogP contribution in [0.2, 0.25) is 0 Å². The molecule has 1 saturated heterocycles. The molecule has 110 valence electrons. The molecule has 1 aromatic carbocycles. The van der Waals surface area contributed by atoms with Crippen molar-refractivity contribution in [3.63, 3.8) is 0 Å². The molecule has 2 heterocycles. The monoisotopic (exact) mass is 458 g/mol. The Bertz CT molecular complexity index is 675. The van der Waals surface area contributed by atoms with E-state index in [-0.39, 0.29) is 0 Å². The number of anilines is 1. The lowest BCUT2D eigenvalue weighted by Gasteiger charge is -2.13. The highest BCUT2D eigenvalue weighted by Gasteiger charge is 2.19. The van der Waals surface area contributed by atoms with Crippen molar-refractivity contribution in [3.05, 3.63) is 43.6 Å². The van der Waals surface area contributed by atoms with Crippen LogP contribution in [0.5, 0.6) is 0 Å². The molecule has 0 radical (unpaired) electrons. The fourth-order valence-corrected chi connectivity index (χ4v) is 3.32. The predicted octanol–water partition coefficient (Wildman–Crippen LogP) is 5.31. The van der Waals surface area contributed by atoms with Gasteiger partial charge < -0.3 is 9.32 Å². The summed E-state index contributed by atoms with van der Waals surface area (Å²) in [6, 6.07) is 8.16. The summed E-state index contributed by atoms with van der Waals surface area (Å²) >= 11 is 5.90. The smallest absolute Gasteiger partial charge is 0.210 e.